The monoisotopic (exact) mass is 388 g/mol. The molecule has 1 amide bonds. The molecular weight excluding hydrogens is 364 g/mol. The van der Waals surface area contributed by atoms with E-state index in [9.17, 15) is 4.79 Å². The molecule has 0 atom stereocenters. The highest BCUT2D eigenvalue weighted by molar-refractivity contribution is 5.84. The zero-order valence-corrected chi connectivity index (χ0v) is 16.8. The van der Waals surface area contributed by atoms with Crippen molar-refractivity contribution in [3.63, 3.8) is 0 Å². The number of nitrogens with one attached hydrogen (secondary N) is 1. The van der Waals surface area contributed by atoms with Crippen LogP contribution in [-0.4, -0.2) is 31.3 Å². The van der Waals surface area contributed by atoms with Crippen molar-refractivity contribution in [3.05, 3.63) is 60.3 Å². The van der Waals surface area contributed by atoms with Crippen LogP contribution in [0.4, 0.5) is 10.5 Å². The largest absolute Gasteiger partial charge is 1.00 e. The number of aromatic amines is 1. The second-order valence-electron chi connectivity index (χ2n) is 7.03. The Labute approximate surface area is 165 Å². The summed E-state index contributed by atoms with van der Waals surface area (Å²) in [6, 6.07) is 15.5. The molecule has 0 aliphatic heterocycles. The molecule has 0 fully saturated rings. The first-order valence-electron chi connectivity index (χ1n) is 8.71. The van der Waals surface area contributed by atoms with Crippen LogP contribution in [0, 0.1) is 0 Å². The molecule has 2 aromatic carbocycles. The molecule has 1 N–H and O–H groups in total. The predicted molar refractivity (Wildman–Crippen MR) is 104 cm³/mol. The number of ether oxygens (including phenoxy) is 2. The van der Waals surface area contributed by atoms with Gasteiger partial charge >= 0.3 is 6.09 Å². The van der Waals surface area contributed by atoms with Crippen molar-refractivity contribution in [2.24, 2.45) is 0 Å². The van der Waals surface area contributed by atoms with Gasteiger partial charge in [0.2, 0.25) is 0 Å². The number of carbonyl (C=O) groups is 1. The summed E-state index contributed by atoms with van der Waals surface area (Å²) >= 11 is 0. The maximum Gasteiger partial charge on any atom is 0.521 e. The van der Waals surface area contributed by atoms with E-state index in [0.29, 0.717) is 0 Å². The predicted octanol–water partition coefficient (Wildman–Crippen LogP) is 1.86. The first-order chi connectivity index (χ1) is 12.4. The number of hydrogen-bond acceptors (Lipinski definition) is 3. The lowest BCUT2D eigenvalue weighted by molar-refractivity contribution is -0.0000123. The zero-order chi connectivity index (χ0) is 18.7. The SMILES string of the molecule is CC(C)Oc1ccc([N+](C)(C)C(=O)OCc2c[nH]c3ccccc23)cc1.[Cl-]. The van der Waals surface area contributed by atoms with Crippen molar-refractivity contribution in [1.82, 2.24) is 9.47 Å². The van der Waals surface area contributed by atoms with E-state index in [-0.39, 0.29) is 35.7 Å². The number of fused-ring (bicyclic) bond motifs is 1. The fraction of sp³-hybridized carbons (Fsp3) is 0.286. The minimum atomic E-state index is -0.312. The van der Waals surface area contributed by atoms with Crippen LogP contribution in [0.15, 0.2) is 54.7 Å². The van der Waals surface area contributed by atoms with Crippen molar-refractivity contribution < 1.29 is 26.7 Å². The number of amides is 1. The van der Waals surface area contributed by atoms with Gasteiger partial charge in [-0.1, -0.05) is 18.2 Å². The fourth-order valence-corrected chi connectivity index (χ4v) is 2.83. The third-order valence-corrected chi connectivity index (χ3v) is 4.34. The summed E-state index contributed by atoms with van der Waals surface area (Å²) in [5.74, 6) is 0.788. The number of aromatic nitrogens is 1. The lowest BCUT2D eigenvalue weighted by atomic mass is 10.2. The number of carbonyl (C=O) groups excluding carboxylic acids is 1. The normalized spacial score (nSPS) is 11.3. The molecule has 5 nitrogen and oxygen atoms in total. The smallest absolute Gasteiger partial charge is 0.521 e. The van der Waals surface area contributed by atoms with Crippen LogP contribution >= 0.6 is 0 Å². The third kappa shape index (κ3) is 4.62. The van der Waals surface area contributed by atoms with Crippen molar-refractivity contribution in [2.75, 3.05) is 14.1 Å². The van der Waals surface area contributed by atoms with E-state index in [1.165, 1.54) is 0 Å². The Hall–Kier alpha value is -2.50. The number of H-pyrrole nitrogens is 1. The number of quaternary nitrogens is 1. The topological polar surface area (TPSA) is 51.3 Å². The molecule has 3 rings (SSSR count). The number of para-hydroxylation sites is 1. The highest BCUT2D eigenvalue weighted by Gasteiger charge is 2.31. The molecule has 0 bridgehead atoms. The molecular formula is C21H25ClN2O3. The second kappa shape index (κ2) is 8.46. The van der Waals surface area contributed by atoms with Crippen LogP contribution in [-0.2, 0) is 11.3 Å². The van der Waals surface area contributed by atoms with E-state index >= 15 is 0 Å². The molecule has 0 unspecified atom stereocenters. The first-order valence-corrected chi connectivity index (χ1v) is 8.71. The Morgan fingerprint density at radius 2 is 1.74 bits per heavy atom. The van der Waals surface area contributed by atoms with Crippen LogP contribution in [0.25, 0.3) is 10.9 Å². The van der Waals surface area contributed by atoms with Crippen LogP contribution in [0.1, 0.15) is 19.4 Å². The standard InChI is InChI=1S/C21H25N2O3.ClH/c1-15(2)26-18-11-9-17(10-12-18)23(3,4)21(24)25-14-16-13-22-20-8-6-5-7-19(16)20;/h5-13,15,22H,14H2,1-4H3;1H/q+1;/p-1. The first kappa shape index (κ1) is 20.8. The zero-order valence-electron chi connectivity index (χ0n) is 16.0. The van der Waals surface area contributed by atoms with E-state index < -0.39 is 0 Å². The molecule has 0 radical (unpaired) electrons. The Kier molecular flexibility index (Phi) is 6.52. The molecule has 27 heavy (non-hydrogen) atoms. The van der Waals surface area contributed by atoms with E-state index in [1.54, 1.807) is 0 Å². The van der Waals surface area contributed by atoms with Gasteiger partial charge in [-0.3, -0.25) is 0 Å². The average Bonchev–Trinajstić information content (AvgIpc) is 3.03. The van der Waals surface area contributed by atoms with Gasteiger partial charge < -0.3 is 26.9 Å². The summed E-state index contributed by atoms with van der Waals surface area (Å²) in [7, 11) is 3.63. The Balaban J connectivity index is 0.00000261. The quantitative estimate of drug-likeness (QED) is 0.679. The van der Waals surface area contributed by atoms with E-state index in [0.717, 1.165) is 27.9 Å². The molecule has 0 spiro atoms. The van der Waals surface area contributed by atoms with Crippen LogP contribution in [0.3, 0.4) is 0 Å². The second-order valence-corrected chi connectivity index (χ2v) is 7.03. The summed E-state index contributed by atoms with van der Waals surface area (Å²) in [5, 5.41) is 1.07. The molecule has 1 heterocycles. The van der Waals surface area contributed by atoms with Crippen LogP contribution < -0.4 is 21.6 Å². The van der Waals surface area contributed by atoms with Gasteiger partial charge in [-0.05, 0) is 32.0 Å². The summed E-state index contributed by atoms with van der Waals surface area (Å²) < 4.78 is 11.2. The van der Waals surface area contributed by atoms with E-state index in [2.05, 4.69) is 4.98 Å². The number of rotatable bonds is 5. The molecule has 144 valence electrons. The summed E-state index contributed by atoms with van der Waals surface area (Å²) in [5.41, 5.74) is 2.84. The van der Waals surface area contributed by atoms with Gasteiger partial charge in [0.1, 0.15) is 18.0 Å². The summed E-state index contributed by atoms with van der Waals surface area (Å²) in [6.45, 7) is 4.20. The number of hydrogen-bond donors (Lipinski definition) is 1. The summed E-state index contributed by atoms with van der Waals surface area (Å²) in [4.78, 5) is 15.9. The molecule has 0 saturated heterocycles. The number of halogens is 1. The van der Waals surface area contributed by atoms with Crippen molar-refractivity contribution in [2.45, 2.75) is 26.6 Å². The van der Waals surface area contributed by atoms with Gasteiger partial charge in [0.25, 0.3) is 0 Å². The minimum absolute atomic E-state index is 0. The number of benzene rings is 2. The van der Waals surface area contributed by atoms with Gasteiger partial charge in [0.15, 0.2) is 0 Å². The maximum absolute atomic E-state index is 12.7. The van der Waals surface area contributed by atoms with Crippen LogP contribution in [0.5, 0.6) is 5.75 Å². The van der Waals surface area contributed by atoms with Gasteiger partial charge in [0, 0.05) is 34.8 Å². The highest BCUT2D eigenvalue weighted by Crippen LogP contribution is 2.25. The Morgan fingerprint density at radius 1 is 1.07 bits per heavy atom. The highest BCUT2D eigenvalue weighted by atomic mass is 35.5. The minimum Gasteiger partial charge on any atom is -1.00 e. The molecule has 6 heteroatoms. The molecule has 1 aromatic heterocycles. The summed E-state index contributed by atoms with van der Waals surface area (Å²) in [6.07, 6.45) is 1.69. The van der Waals surface area contributed by atoms with Gasteiger partial charge in [-0.2, -0.15) is 9.28 Å². The third-order valence-electron chi connectivity index (χ3n) is 4.34. The molecule has 0 saturated carbocycles. The molecule has 3 aromatic rings. The van der Waals surface area contributed by atoms with Gasteiger partial charge in [0.05, 0.1) is 20.2 Å². The lowest BCUT2D eigenvalue weighted by Crippen LogP contribution is -3.00. The maximum atomic E-state index is 12.7. The Bertz CT molecular complexity index is 901. The Morgan fingerprint density at radius 3 is 2.41 bits per heavy atom. The van der Waals surface area contributed by atoms with Crippen molar-refractivity contribution >= 4 is 22.7 Å². The van der Waals surface area contributed by atoms with Gasteiger partial charge in [-0.25, -0.2) is 0 Å². The van der Waals surface area contributed by atoms with Crippen molar-refractivity contribution in [3.8, 4) is 5.75 Å². The molecule has 0 aliphatic carbocycles. The van der Waals surface area contributed by atoms with Gasteiger partial charge in [-0.15, -0.1) is 0 Å². The van der Waals surface area contributed by atoms with E-state index in [1.807, 2.05) is 82.7 Å². The molecule has 0 aliphatic rings. The number of nitrogens with zero attached hydrogens (tertiary/aromatic N) is 1. The lowest BCUT2D eigenvalue weighted by Gasteiger charge is -2.25. The van der Waals surface area contributed by atoms with E-state index in [4.69, 9.17) is 9.47 Å². The van der Waals surface area contributed by atoms with Crippen LogP contribution in [0.2, 0.25) is 0 Å². The van der Waals surface area contributed by atoms with Crippen molar-refractivity contribution in [1.29, 1.82) is 0 Å². The fourth-order valence-electron chi connectivity index (χ4n) is 2.83. The average molecular weight is 389 g/mol.